The molecule has 0 unspecified atom stereocenters. The van der Waals surface area contributed by atoms with E-state index in [9.17, 15) is 4.79 Å². The van der Waals surface area contributed by atoms with Crippen molar-refractivity contribution in [2.75, 3.05) is 18.8 Å². The van der Waals surface area contributed by atoms with Crippen LogP contribution in [0.15, 0.2) is 41.0 Å². The highest BCUT2D eigenvalue weighted by Gasteiger charge is 2.15. The van der Waals surface area contributed by atoms with E-state index >= 15 is 0 Å². The Labute approximate surface area is 150 Å². The standard InChI is InChI=1S/C21H28N2O2/c1-6-10-23(11-7-2)15(4)12-14(3)17-8-9-19-18(13-17)20(22)21(25-19)16(5)24/h8-9,12-13H,4,6-7,10-11,22H2,1-3,5H3/b14-12+. The number of furan rings is 1. The van der Waals surface area contributed by atoms with Crippen LogP contribution in [0, 0.1) is 0 Å². The van der Waals surface area contributed by atoms with Gasteiger partial charge in [0.15, 0.2) is 11.5 Å². The maximum atomic E-state index is 11.6. The molecule has 0 aliphatic heterocycles. The van der Waals surface area contributed by atoms with Crippen LogP contribution < -0.4 is 5.73 Å². The van der Waals surface area contributed by atoms with Crippen molar-refractivity contribution in [2.24, 2.45) is 0 Å². The van der Waals surface area contributed by atoms with E-state index < -0.39 is 0 Å². The highest BCUT2D eigenvalue weighted by atomic mass is 16.3. The zero-order valence-electron chi connectivity index (χ0n) is 15.7. The number of carbonyl (C=O) groups is 1. The van der Waals surface area contributed by atoms with Gasteiger partial charge in [0, 0.05) is 31.1 Å². The highest BCUT2D eigenvalue weighted by Crippen LogP contribution is 2.31. The minimum absolute atomic E-state index is 0.161. The SMILES string of the molecule is C=C(/C=C(\C)c1ccc2oc(C(C)=O)c(N)c2c1)N(CCC)CCC. The molecule has 2 N–H and O–H groups in total. The van der Waals surface area contributed by atoms with Gasteiger partial charge in [0.2, 0.25) is 0 Å². The molecule has 1 aromatic carbocycles. The second-order valence-electron chi connectivity index (χ2n) is 6.42. The second-order valence-corrected chi connectivity index (χ2v) is 6.42. The lowest BCUT2D eigenvalue weighted by Crippen LogP contribution is -2.23. The fraction of sp³-hybridized carbons (Fsp3) is 0.381. The van der Waals surface area contributed by atoms with Gasteiger partial charge in [-0.2, -0.15) is 0 Å². The fourth-order valence-electron chi connectivity index (χ4n) is 2.99. The maximum absolute atomic E-state index is 11.6. The quantitative estimate of drug-likeness (QED) is 0.526. The number of Topliss-reactive ketones (excluding diaryl/α,β-unsaturated/α-hetero) is 1. The molecule has 2 aromatic rings. The molecule has 0 fully saturated rings. The molecule has 134 valence electrons. The van der Waals surface area contributed by atoms with Crippen LogP contribution in [0.2, 0.25) is 0 Å². The number of hydrogen-bond acceptors (Lipinski definition) is 4. The van der Waals surface area contributed by atoms with Crippen molar-refractivity contribution in [3.8, 4) is 0 Å². The smallest absolute Gasteiger partial charge is 0.197 e. The lowest BCUT2D eigenvalue weighted by Gasteiger charge is -2.24. The molecule has 4 nitrogen and oxygen atoms in total. The number of rotatable bonds is 8. The third-order valence-electron chi connectivity index (χ3n) is 4.28. The summed E-state index contributed by atoms with van der Waals surface area (Å²) in [6, 6.07) is 5.82. The number of allylic oxidation sites excluding steroid dienone is 2. The number of ketones is 1. The summed E-state index contributed by atoms with van der Waals surface area (Å²) >= 11 is 0. The number of nitrogens with two attached hydrogens (primary N) is 1. The van der Waals surface area contributed by atoms with E-state index in [1.165, 1.54) is 6.92 Å². The first-order valence-corrected chi connectivity index (χ1v) is 8.84. The third-order valence-corrected chi connectivity index (χ3v) is 4.28. The lowest BCUT2D eigenvalue weighted by molar-refractivity contribution is 0.0990. The zero-order chi connectivity index (χ0) is 18.6. The zero-order valence-corrected chi connectivity index (χ0v) is 15.7. The number of nitrogen functional groups attached to an aromatic ring is 1. The molecular weight excluding hydrogens is 312 g/mol. The Kier molecular flexibility index (Phi) is 6.07. The van der Waals surface area contributed by atoms with Crippen molar-refractivity contribution < 1.29 is 9.21 Å². The maximum Gasteiger partial charge on any atom is 0.197 e. The molecule has 2 rings (SSSR count). The Morgan fingerprint density at radius 3 is 2.44 bits per heavy atom. The van der Waals surface area contributed by atoms with Crippen LogP contribution in [0.3, 0.4) is 0 Å². The molecule has 1 aromatic heterocycles. The van der Waals surface area contributed by atoms with Crippen LogP contribution >= 0.6 is 0 Å². The van der Waals surface area contributed by atoms with Crippen LogP contribution in [-0.2, 0) is 0 Å². The summed E-state index contributed by atoms with van der Waals surface area (Å²) in [5.41, 5.74) is 10.3. The van der Waals surface area contributed by atoms with Gasteiger partial charge in [-0.3, -0.25) is 4.79 Å². The summed E-state index contributed by atoms with van der Waals surface area (Å²) in [6.07, 6.45) is 4.29. The minimum Gasteiger partial charge on any atom is -0.451 e. The van der Waals surface area contributed by atoms with E-state index in [0.717, 1.165) is 48.2 Å². The number of anilines is 1. The minimum atomic E-state index is -0.161. The Balaban J connectivity index is 2.35. The van der Waals surface area contributed by atoms with Crippen molar-refractivity contribution >= 4 is 28.0 Å². The monoisotopic (exact) mass is 340 g/mol. The molecule has 0 atom stereocenters. The van der Waals surface area contributed by atoms with E-state index in [1.807, 2.05) is 18.2 Å². The molecule has 0 spiro atoms. The summed E-state index contributed by atoms with van der Waals surface area (Å²) in [7, 11) is 0. The predicted octanol–water partition coefficient (Wildman–Crippen LogP) is 5.26. The number of fused-ring (bicyclic) bond motifs is 1. The van der Waals surface area contributed by atoms with Crippen LogP contribution in [-0.4, -0.2) is 23.8 Å². The largest absolute Gasteiger partial charge is 0.451 e. The number of carbonyl (C=O) groups excluding carboxylic acids is 1. The summed E-state index contributed by atoms with van der Waals surface area (Å²) in [5.74, 6) is 0.0703. The Morgan fingerprint density at radius 2 is 1.88 bits per heavy atom. The fourth-order valence-corrected chi connectivity index (χ4v) is 2.99. The van der Waals surface area contributed by atoms with Gasteiger partial charge in [0.05, 0.1) is 5.69 Å². The Bertz CT molecular complexity index is 809. The van der Waals surface area contributed by atoms with Gasteiger partial charge < -0.3 is 15.1 Å². The normalized spacial score (nSPS) is 11.8. The Morgan fingerprint density at radius 1 is 1.24 bits per heavy atom. The summed E-state index contributed by atoms with van der Waals surface area (Å²) in [5, 5.41) is 0.778. The average Bonchev–Trinajstić information content (AvgIpc) is 2.91. The number of benzene rings is 1. The van der Waals surface area contributed by atoms with Gasteiger partial charge >= 0.3 is 0 Å². The van der Waals surface area contributed by atoms with Crippen LogP contribution in [0.4, 0.5) is 5.69 Å². The van der Waals surface area contributed by atoms with E-state index in [0.29, 0.717) is 11.3 Å². The first-order chi connectivity index (χ1) is 11.9. The molecule has 0 amide bonds. The molecule has 0 bridgehead atoms. The molecule has 0 saturated heterocycles. The molecule has 0 radical (unpaired) electrons. The van der Waals surface area contributed by atoms with E-state index in [2.05, 4.69) is 38.3 Å². The first-order valence-electron chi connectivity index (χ1n) is 8.84. The van der Waals surface area contributed by atoms with Crippen LogP contribution in [0.1, 0.15) is 56.7 Å². The lowest BCUT2D eigenvalue weighted by atomic mass is 10.0. The molecular formula is C21H28N2O2. The predicted molar refractivity (Wildman–Crippen MR) is 106 cm³/mol. The van der Waals surface area contributed by atoms with Crippen LogP contribution in [0.25, 0.3) is 16.5 Å². The van der Waals surface area contributed by atoms with Gasteiger partial charge in [0.1, 0.15) is 5.58 Å². The molecule has 0 aliphatic rings. The summed E-state index contributed by atoms with van der Waals surface area (Å²) < 4.78 is 5.56. The van der Waals surface area contributed by atoms with Crippen molar-refractivity contribution in [3.05, 3.63) is 47.9 Å². The third kappa shape index (κ3) is 4.13. The second kappa shape index (κ2) is 8.06. The van der Waals surface area contributed by atoms with E-state index in [-0.39, 0.29) is 11.5 Å². The van der Waals surface area contributed by atoms with Gasteiger partial charge in [0.25, 0.3) is 0 Å². The summed E-state index contributed by atoms with van der Waals surface area (Å²) in [6.45, 7) is 14.1. The van der Waals surface area contributed by atoms with Gasteiger partial charge in [-0.25, -0.2) is 0 Å². The average molecular weight is 340 g/mol. The first kappa shape index (κ1) is 18.8. The van der Waals surface area contributed by atoms with Gasteiger partial charge in [-0.1, -0.05) is 26.5 Å². The number of hydrogen-bond donors (Lipinski definition) is 1. The van der Waals surface area contributed by atoms with Gasteiger partial charge in [-0.05, 0) is 49.1 Å². The van der Waals surface area contributed by atoms with E-state index in [4.69, 9.17) is 10.2 Å². The van der Waals surface area contributed by atoms with Gasteiger partial charge in [-0.15, -0.1) is 0 Å². The van der Waals surface area contributed by atoms with E-state index in [1.54, 1.807) is 0 Å². The highest BCUT2D eigenvalue weighted by molar-refractivity contribution is 6.05. The molecule has 1 heterocycles. The van der Waals surface area contributed by atoms with Crippen molar-refractivity contribution in [3.63, 3.8) is 0 Å². The van der Waals surface area contributed by atoms with Crippen molar-refractivity contribution in [2.45, 2.75) is 40.5 Å². The van der Waals surface area contributed by atoms with Crippen molar-refractivity contribution in [1.29, 1.82) is 0 Å². The molecule has 0 saturated carbocycles. The molecule has 0 aliphatic carbocycles. The Hall–Kier alpha value is -2.49. The van der Waals surface area contributed by atoms with Crippen LogP contribution in [0.5, 0.6) is 0 Å². The topological polar surface area (TPSA) is 59.5 Å². The van der Waals surface area contributed by atoms with Crippen molar-refractivity contribution in [1.82, 2.24) is 4.90 Å². The number of nitrogens with zero attached hydrogens (tertiary/aromatic N) is 1. The molecule has 25 heavy (non-hydrogen) atoms. The summed E-state index contributed by atoms with van der Waals surface area (Å²) in [4.78, 5) is 13.9. The molecule has 4 heteroatoms.